The zero-order valence-electron chi connectivity index (χ0n) is 33.0. The standard InChI is InChI=1S/C44H66N2O5S/c1-39(2)19-21-44(38(49)45-23-8-24-46-25-27-52(50,51)28-26-46)22-20-42(6)33(34(44)29-39)13-14-36-41(5)17-15-32(30-9-11-31(12-10-30)37(47)48)40(3,4)35(41)16-18-43(36,42)7/h9-13,15,34-36,50-51H,8,14,16-29H2,1-7H3,(H,45,49)(H,47,48)/t34-,35+,36+,41-,42+,43+,44-/m0/s1. The predicted molar refractivity (Wildman–Crippen MR) is 212 cm³/mol. The summed E-state index contributed by atoms with van der Waals surface area (Å²) < 4.78 is 20.0. The SMILES string of the molecule is CC1(C)CC[C@]2(C(=O)NCCCN3CCS(O)(O)CC3)CC[C@]3(C)C(=CC[C@@H]4[C@@]5(C)CC=C(c6ccc(C(=O)O)cc6)C(C)(C)[C@H]5CC[C@]43C)[C@@H]2C1. The lowest BCUT2D eigenvalue weighted by Crippen LogP contribution is -2.64. The molecule has 1 amide bonds. The van der Waals surface area contributed by atoms with Gasteiger partial charge in [-0.2, -0.15) is 10.6 Å². The van der Waals surface area contributed by atoms with Crippen molar-refractivity contribution in [1.82, 2.24) is 10.2 Å². The number of benzene rings is 1. The zero-order valence-corrected chi connectivity index (χ0v) is 33.8. The Morgan fingerprint density at radius 1 is 0.885 bits per heavy atom. The van der Waals surface area contributed by atoms with E-state index in [2.05, 4.69) is 70.8 Å². The van der Waals surface area contributed by atoms with Gasteiger partial charge >= 0.3 is 5.97 Å². The minimum Gasteiger partial charge on any atom is -0.478 e. The number of fused-ring (bicyclic) bond motifs is 7. The molecule has 0 radical (unpaired) electrons. The molecule has 1 saturated heterocycles. The number of nitrogens with one attached hydrogen (secondary N) is 1. The number of amides is 1. The highest BCUT2D eigenvalue weighted by atomic mass is 32.3. The van der Waals surface area contributed by atoms with E-state index in [0.717, 1.165) is 76.6 Å². The Kier molecular flexibility index (Phi) is 9.53. The largest absolute Gasteiger partial charge is 0.478 e. The van der Waals surface area contributed by atoms with Gasteiger partial charge in [0, 0.05) is 19.6 Å². The molecule has 8 heteroatoms. The molecule has 3 saturated carbocycles. The number of nitrogens with zero attached hydrogens (tertiary/aromatic N) is 1. The van der Waals surface area contributed by atoms with E-state index in [1.165, 1.54) is 18.4 Å². The summed E-state index contributed by atoms with van der Waals surface area (Å²) in [6.07, 6.45) is 15.7. The molecule has 4 fully saturated rings. The number of allylic oxidation sites excluding steroid dienone is 4. The summed E-state index contributed by atoms with van der Waals surface area (Å²) >= 11 is 0. The third-order valence-corrected chi connectivity index (χ3v) is 18.2. The van der Waals surface area contributed by atoms with Crippen LogP contribution in [0, 0.1) is 50.2 Å². The molecule has 1 heterocycles. The highest BCUT2D eigenvalue weighted by molar-refractivity contribution is 8.24. The number of rotatable bonds is 7. The molecule has 0 aromatic heterocycles. The average molecular weight is 735 g/mol. The van der Waals surface area contributed by atoms with E-state index >= 15 is 0 Å². The van der Waals surface area contributed by atoms with Crippen LogP contribution in [0.2, 0.25) is 0 Å². The molecule has 0 unspecified atom stereocenters. The van der Waals surface area contributed by atoms with E-state index in [4.69, 9.17) is 0 Å². The van der Waals surface area contributed by atoms with Gasteiger partial charge in [-0.15, -0.1) is 0 Å². The number of hydrogen-bond acceptors (Lipinski definition) is 5. The number of carbonyl (C=O) groups is 2. The van der Waals surface area contributed by atoms with E-state index < -0.39 is 16.6 Å². The Bertz CT molecular complexity index is 1640. The summed E-state index contributed by atoms with van der Waals surface area (Å²) in [5.74, 6) is 1.67. The van der Waals surface area contributed by atoms with Crippen molar-refractivity contribution < 1.29 is 23.8 Å². The van der Waals surface area contributed by atoms with Gasteiger partial charge in [0.05, 0.1) is 22.5 Å². The first kappa shape index (κ1) is 38.2. The molecule has 4 N–H and O–H groups in total. The second-order valence-corrected chi connectivity index (χ2v) is 22.4. The van der Waals surface area contributed by atoms with Crippen LogP contribution in [0.1, 0.15) is 129 Å². The highest BCUT2D eigenvalue weighted by Gasteiger charge is 2.68. The summed E-state index contributed by atoms with van der Waals surface area (Å²) in [6, 6.07) is 7.51. The van der Waals surface area contributed by atoms with Gasteiger partial charge in [-0.1, -0.05) is 78.3 Å². The summed E-state index contributed by atoms with van der Waals surface area (Å²) in [5.41, 5.74) is 4.62. The van der Waals surface area contributed by atoms with Gasteiger partial charge in [-0.05, 0) is 139 Å². The molecule has 1 aromatic rings. The molecule has 288 valence electrons. The van der Waals surface area contributed by atoms with Crippen LogP contribution in [0.4, 0.5) is 0 Å². The fraction of sp³-hybridized carbons (Fsp3) is 0.727. The Hall–Kier alpha value is -2.13. The maximum absolute atomic E-state index is 14.5. The molecule has 7 nitrogen and oxygen atoms in total. The lowest BCUT2D eigenvalue weighted by Gasteiger charge is -2.70. The molecule has 1 aromatic carbocycles. The molecule has 0 spiro atoms. The lowest BCUT2D eigenvalue weighted by molar-refractivity contribution is -0.167. The van der Waals surface area contributed by atoms with Gasteiger partial charge in [0.2, 0.25) is 5.91 Å². The average Bonchev–Trinajstić information content (AvgIpc) is 3.07. The van der Waals surface area contributed by atoms with Crippen LogP contribution in [0.3, 0.4) is 0 Å². The molecular weight excluding hydrogens is 669 g/mol. The smallest absolute Gasteiger partial charge is 0.335 e. The number of hydrogen-bond donors (Lipinski definition) is 4. The summed E-state index contributed by atoms with van der Waals surface area (Å²) in [6.45, 7) is 20.5. The van der Waals surface area contributed by atoms with Crippen LogP contribution in [-0.2, 0) is 4.79 Å². The van der Waals surface area contributed by atoms with Gasteiger partial charge in [-0.25, -0.2) is 4.79 Å². The number of carbonyl (C=O) groups excluding carboxylic acids is 1. The molecule has 52 heavy (non-hydrogen) atoms. The van der Waals surface area contributed by atoms with Crippen molar-refractivity contribution in [3.8, 4) is 0 Å². The van der Waals surface area contributed by atoms with E-state index in [0.29, 0.717) is 35.4 Å². The van der Waals surface area contributed by atoms with E-state index in [1.807, 2.05) is 12.1 Å². The first-order chi connectivity index (χ1) is 24.3. The normalized spacial score (nSPS) is 39.7. The van der Waals surface area contributed by atoms with Crippen LogP contribution >= 0.6 is 10.6 Å². The Labute approximate surface area is 314 Å². The van der Waals surface area contributed by atoms with Crippen LogP contribution in [0.15, 0.2) is 42.0 Å². The molecule has 6 aliphatic rings. The van der Waals surface area contributed by atoms with Gasteiger partial charge < -0.3 is 15.3 Å². The quantitative estimate of drug-likeness (QED) is 0.164. The van der Waals surface area contributed by atoms with Crippen LogP contribution in [0.5, 0.6) is 0 Å². The molecule has 0 bridgehead atoms. The van der Waals surface area contributed by atoms with Crippen molar-refractivity contribution in [1.29, 1.82) is 0 Å². The second kappa shape index (κ2) is 13.0. The third kappa shape index (κ3) is 6.05. The topological polar surface area (TPSA) is 110 Å². The van der Waals surface area contributed by atoms with Crippen LogP contribution in [0.25, 0.3) is 5.57 Å². The van der Waals surface area contributed by atoms with Crippen molar-refractivity contribution in [2.75, 3.05) is 37.7 Å². The van der Waals surface area contributed by atoms with E-state index in [9.17, 15) is 23.8 Å². The third-order valence-electron chi connectivity index (χ3n) is 16.5. The Balaban J connectivity index is 1.13. The molecular formula is C44H66N2O5S. The van der Waals surface area contributed by atoms with Crippen LogP contribution in [-0.4, -0.2) is 68.7 Å². The minimum absolute atomic E-state index is 0.0333. The van der Waals surface area contributed by atoms with Gasteiger partial charge in [0.1, 0.15) is 0 Å². The maximum atomic E-state index is 14.5. The fourth-order valence-corrected chi connectivity index (χ4v) is 14.5. The highest BCUT2D eigenvalue weighted by Crippen LogP contribution is 2.76. The van der Waals surface area contributed by atoms with Gasteiger partial charge in [0.15, 0.2) is 0 Å². The van der Waals surface area contributed by atoms with Crippen molar-refractivity contribution in [2.24, 2.45) is 50.2 Å². The predicted octanol–water partition coefficient (Wildman–Crippen LogP) is 9.75. The molecule has 7 rings (SSSR count). The first-order valence-electron chi connectivity index (χ1n) is 20.3. The summed E-state index contributed by atoms with van der Waals surface area (Å²) in [5, 5.41) is 12.9. The van der Waals surface area contributed by atoms with Gasteiger partial charge in [0.25, 0.3) is 0 Å². The van der Waals surface area contributed by atoms with Crippen molar-refractivity contribution in [3.05, 3.63) is 53.1 Å². The zero-order chi connectivity index (χ0) is 37.5. The number of aromatic carboxylic acids is 1. The van der Waals surface area contributed by atoms with E-state index in [-0.39, 0.29) is 44.3 Å². The van der Waals surface area contributed by atoms with Crippen LogP contribution < -0.4 is 5.32 Å². The first-order valence-corrected chi connectivity index (χ1v) is 22.2. The summed E-state index contributed by atoms with van der Waals surface area (Å²) in [7, 11) is -2.39. The number of carboxylic acids is 1. The molecule has 7 atom stereocenters. The lowest BCUT2D eigenvalue weighted by atomic mass is 9.33. The second-order valence-electron chi connectivity index (χ2n) is 20.0. The van der Waals surface area contributed by atoms with Gasteiger partial charge in [-0.3, -0.25) is 13.9 Å². The van der Waals surface area contributed by atoms with Crippen molar-refractivity contribution in [3.63, 3.8) is 0 Å². The monoisotopic (exact) mass is 734 g/mol. The minimum atomic E-state index is -2.39. The molecule has 5 aliphatic carbocycles. The van der Waals surface area contributed by atoms with E-state index in [1.54, 1.807) is 17.7 Å². The summed E-state index contributed by atoms with van der Waals surface area (Å²) in [4.78, 5) is 28.4. The Morgan fingerprint density at radius 2 is 1.56 bits per heavy atom. The van der Waals surface area contributed by atoms with Crippen molar-refractivity contribution >= 4 is 28.0 Å². The fourth-order valence-electron chi connectivity index (χ4n) is 13.2. The number of carboxylic acid groups (broad SMARTS) is 1. The van der Waals surface area contributed by atoms with Crippen molar-refractivity contribution in [2.45, 2.75) is 113 Å². The maximum Gasteiger partial charge on any atom is 0.335 e. The Morgan fingerprint density at radius 3 is 2.23 bits per heavy atom. The molecule has 1 aliphatic heterocycles.